The molecule has 0 fully saturated rings. The van der Waals surface area contributed by atoms with Crippen molar-refractivity contribution in [1.82, 2.24) is 14.8 Å². The molecule has 0 amide bonds. The highest BCUT2D eigenvalue weighted by atomic mass is 35.5. The molecule has 0 bridgehead atoms. The molecule has 0 aliphatic carbocycles. The van der Waals surface area contributed by atoms with Crippen molar-refractivity contribution >= 4 is 23.4 Å². The van der Waals surface area contributed by atoms with Crippen molar-refractivity contribution in [2.45, 2.75) is 37.7 Å². The van der Waals surface area contributed by atoms with E-state index in [4.69, 9.17) is 16.0 Å². The first-order valence-electron chi connectivity index (χ1n) is 7.65. The summed E-state index contributed by atoms with van der Waals surface area (Å²) < 4.78 is 21.3. The lowest BCUT2D eigenvalue weighted by Crippen LogP contribution is -2.02. The Bertz CT molecular complexity index is 826. The van der Waals surface area contributed by atoms with E-state index in [1.807, 2.05) is 17.6 Å². The molecule has 2 aromatic heterocycles. The summed E-state index contributed by atoms with van der Waals surface area (Å²) in [6.07, 6.45) is 2.58. The lowest BCUT2D eigenvalue weighted by atomic mass is 10.2. The summed E-state index contributed by atoms with van der Waals surface area (Å²) in [5.74, 6) is 1.67. The van der Waals surface area contributed by atoms with E-state index < -0.39 is 0 Å². The van der Waals surface area contributed by atoms with Gasteiger partial charge in [0.2, 0.25) is 0 Å². The second-order valence-electron chi connectivity index (χ2n) is 5.34. The topological polar surface area (TPSA) is 43.9 Å². The van der Waals surface area contributed by atoms with Crippen LogP contribution >= 0.6 is 23.4 Å². The largest absolute Gasteiger partial charge is 0.469 e. The molecule has 0 spiro atoms. The smallest absolute Gasteiger partial charge is 0.191 e. The summed E-state index contributed by atoms with van der Waals surface area (Å²) in [5.41, 5.74) is 1.41. The molecule has 1 aromatic carbocycles. The summed E-state index contributed by atoms with van der Waals surface area (Å²) >= 11 is 7.52. The minimum Gasteiger partial charge on any atom is -0.469 e. The van der Waals surface area contributed by atoms with Gasteiger partial charge in [-0.2, -0.15) is 0 Å². The maximum absolute atomic E-state index is 13.9. The van der Waals surface area contributed by atoms with E-state index in [1.54, 1.807) is 18.4 Å². The summed E-state index contributed by atoms with van der Waals surface area (Å²) in [7, 11) is 0. The van der Waals surface area contributed by atoms with Crippen LogP contribution in [0.2, 0.25) is 5.02 Å². The number of aromatic nitrogens is 3. The zero-order valence-electron chi connectivity index (χ0n) is 13.4. The number of nitrogens with zero attached hydrogens (tertiary/aromatic N) is 3. The molecule has 4 nitrogen and oxygen atoms in total. The van der Waals surface area contributed by atoms with Gasteiger partial charge in [-0.3, -0.25) is 0 Å². The normalized spacial score (nSPS) is 11.2. The number of hydrogen-bond donors (Lipinski definition) is 0. The Hall–Kier alpha value is -1.79. The molecule has 24 heavy (non-hydrogen) atoms. The third-order valence-electron chi connectivity index (χ3n) is 3.67. The number of halogens is 2. The first-order chi connectivity index (χ1) is 11.6. The van der Waals surface area contributed by atoms with Crippen molar-refractivity contribution in [3.05, 3.63) is 52.7 Å². The van der Waals surface area contributed by atoms with E-state index in [0.29, 0.717) is 16.3 Å². The average molecular weight is 366 g/mol. The van der Waals surface area contributed by atoms with E-state index in [2.05, 4.69) is 17.1 Å². The van der Waals surface area contributed by atoms with Gasteiger partial charge in [-0.25, -0.2) is 4.39 Å². The first kappa shape index (κ1) is 17.0. The van der Waals surface area contributed by atoms with Gasteiger partial charge in [-0.1, -0.05) is 36.4 Å². The van der Waals surface area contributed by atoms with Crippen molar-refractivity contribution in [2.75, 3.05) is 0 Å². The van der Waals surface area contributed by atoms with Gasteiger partial charge in [0.15, 0.2) is 11.0 Å². The Morgan fingerprint density at radius 3 is 2.79 bits per heavy atom. The van der Waals surface area contributed by atoms with Crippen LogP contribution in [0.3, 0.4) is 0 Å². The number of benzene rings is 1. The number of hydrogen-bond acceptors (Lipinski definition) is 4. The molecule has 3 rings (SSSR count). The van der Waals surface area contributed by atoms with Crippen LogP contribution in [-0.2, 0) is 12.3 Å². The van der Waals surface area contributed by atoms with Gasteiger partial charge in [0.25, 0.3) is 0 Å². The van der Waals surface area contributed by atoms with E-state index in [-0.39, 0.29) is 5.82 Å². The van der Waals surface area contributed by atoms with Crippen molar-refractivity contribution in [3.63, 3.8) is 0 Å². The van der Waals surface area contributed by atoms with Gasteiger partial charge >= 0.3 is 0 Å². The Labute approximate surface area is 149 Å². The maximum atomic E-state index is 13.9. The van der Waals surface area contributed by atoms with E-state index in [9.17, 15) is 4.39 Å². The number of furan rings is 1. The van der Waals surface area contributed by atoms with Crippen LogP contribution in [0.15, 0.2) is 40.1 Å². The Balaban J connectivity index is 1.89. The highest BCUT2D eigenvalue weighted by Gasteiger charge is 2.18. The van der Waals surface area contributed by atoms with Crippen LogP contribution in [0.25, 0.3) is 11.4 Å². The predicted octanol–water partition coefficient (Wildman–Crippen LogP) is 5.34. The third-order valence-corrected chi connectivity index (χ3v) is 5.02. The quantitative estimate of drug-likeness (QED) is 0.553. The number of thioether (sulfide) groups is 1. The molecule has 0 saturated carbocycles. The van der Waals surface area contributed by atoms with Crippen molar-refractivity contribution in [3.8, 4) is 11.4 Å². The summed E-state index contributed by atoms with van der Waals surface area (Å²) in [6.45, 7) is 4.76. The molecule has 2 heterocycles. The number of aryl methyl sites for hydroxylation is 1. The summed E-state index contributed by atoms with van der Waals surface area (Å²) in [5, 5.41) is 9.74. The predicted molar refractivity (Wildman–Crippen MR) is 93.7 cm³/mol. The van der Waals surface area contributed by atoms with E-state index >= 15 is 0 Å². The van der Waals surface area contributed by atoms with Gasteiger partial charge in [-0.15, -0.1) is 10.2 Å². The summed E-state index contributed by atoms with van der Waals surface area (Å²) in [4.78, 5) is 0. The molecular formula is C17H17ClFN3OS. The fourth-order valence-corrected chi connectivity index (χ4v) is 3.75. The molecule has 0 aliphatic rings. The molecule has 0 aliphatic heterocycles. The van der Waals surface area contributed by atoms with Crippen molar-refractivity contribution in [2.24, 2.45) is 0 Å². The highest BCUT2D eigenvalue weighted by Crippen LogP contribution is 2.31. The Morgan fingerprint density at radius 2 is 2.12 bits per heavy atom. The molecule has 7 heteroatoms. The SMILES string of the molecule is CCCn1c(SCc2c(F)cccc2Cl)nnc1-c1ccoc1C. The molecule has 0 saturated heterocycles. The molecule has 0 atom stereocenters. The lowest BCUT2D eigenvalue weighted by molar-refractivity contribution is 0.534. The summed E-state index contributed by atoms with van der Waals surface area (Å²) in [6, 6.07) is 6.59. The zero-order chi connectivity index (χ0) is 17.1. The molecule has 0 N–H and O–H groups in total. The highest BCUT2D eigenvalue weighted by molar-refractivity contribution is 7.98. The Morgan fingerprint density at radius 1 is 1.29 bits per heavy atom. The van der Waals surface area contributed by atoms with Crippen molar-refractivity contribution < 1.29 is 8.81 Å². The van der Waals surface area contributed by atoms with Gasteiger partial charge in [0.1, 0.15) is 11.6 Å². The number of rotatable bonds is 6. The van der Waals surface area contributed by atoms with Crippen LogP contribution in [0.4, 0.5) is 4.39 Å². The van der Waals surface area contributed by atoms with Gasteiger partial charge in [0, 0.05) is 22.9 Å². The molecule has 3 aromatic rings. The van der Waals surface area contributed by atoms with Crippen LogP contribution in [0, 0.1) is 12.7 Å². The van der Waals surface area contributed by atoms with Crippen molar-refractivity contribution in [1.29, 1.82) is 0 Å². The third kappa shape index (κ3) is 3.35. The second-order valence-corrected chi connectivity index (χ2v) is 6.69. The maximum Gasteiger partial charge on any atom is 0.191 e. The van der Waals surface area contributed by atoms with Crippen LogP contribution in [-0.4, -0.2) is 14.8 Å². The molecule has 0 unspecified atom stereocenters. The fraction of sp³-hybridized carbons (Fsp3) is 0.294. The molecule has 126 valence electrons. The van der Waals surface area contributed by atoms with Crippen LogP contribution in [0.1, 0.15) is 24.7 Å². The minimum absolute atomic E-state index is 0.303. The zero-order valence-corrected chi connectivity index (χ0v) is 15.0. The Kier molecular flexibility index (Phi) is 5.26. The average Bonchev–Trinajstić information content (AvgIpc) is 3.14. The van der Waals surface area contributed by atoms with E-state index in [0.717, 1.165) is 35.3 Å². The molecule has 0 radical (unpaired) electrons. The van der Waals surface area contributed by atoms with Gasteiger partial charge in [0.05, 0.1) is 11.8 Å². The fourth-order valence-electron chi connectivity index (χ4n) is 2.44. The van der Waals surface area contributed by atoms with Crippen LogP contribution < -0.4 is 0 Å². The first-order valence-corrected chi connectivity index (χ1v) is 9.01. The second kappa shape index (κ2) is 7.40. The minimum atomic E-state index is -0.303. The van der Waals surface area contributed by atoms with Crippen LogP contribution in [0.5, 0.6) is 0 Å². The standard InChI is InChI=1S/C17H17ClFN3OS/c1-3-8-22-16(12-7-9-23-11(12)2)20-21-17(22)24-10-13-14(18)5-4-6-15(13)19/h4-7,9H,3,8,10H2,1-2H3. The van der Waals surface area contributed by atoms with Gasteiger partial charge in [-0.05, 0) is 31.5 Å². The van der Waals surface area contributed by atoms with E-state index in [1.165, 1.54) is 17.8 Å². The molecular weight excluding hydrogens is 349 g/mol. The van der Waals surface area contributed by atoms with Gasteiger partial charge < -0.3 is 8.98 Å². The monoisotopic (exact) mass is 365 g/mol. The lowest BCUT2D eigenvalue weighted by Gasteiger charge is -2.09.